The zero-order chi connectivity index (χ0) is 23.1. The maximum atomic E-state index is 13.2. The van der Waals surface area contributed by atoms with Crippen molar-refractivity contribution in [1.82, 2.24) is 14.9 Å². The van der Waals surface area contributed by atoms with Crippen molar-refractivity contribution in [3.05, 3.63) is 42.4 Å². The minimum Gasteiger partial charge on any atom is -0.444 e. The molecule has 3 atom stereocenters. The summed E-state index contributed by atoms with van der Waals surface area (Å²) < 4.78 is 45.1. The van der Waals surface area contributed by atoms with Gasteiger partial charge in [-0.2, -0.15) is 13.2 Å². The first-order valence-corrected chi connectivity index (χ1v) is 10.7. The molecule has 0 aromatic carbocycles. The Hall–Kier alpha value is -2.84. The van der Waals surface area contributed by atoms with Crippen LogP contribution in [-0.4, -0.2) is 45.7 Å². The number of rotatable bonds is 3. The number of amides is 1. The van der Waals surface area contributed by atoms with Gasteiger partial charge in [0.05, 0.1) is 17.6 Å². The highest BCUT2D eigenvalue weighted by Gasteiger charge is 2.43. The van der Waals surface area contributed by atoms with Gasteiger partial charge in [-0.25, -0.2) is 4.79 Å². The van der Waals surface area contributed by atoms with Gasteiger partial charge in [0.1, 0.15) is 5.60 Å². The van der Waals surface area contributed by atoms with Gasteiger partial charge in [0.15, 0.2) is 5.69 Å². The van der Waals surface area contributed by atoms with Crippen molar-refractivity contribution in [2.24, 2.45) is 11.8 Å². The fourth-order valence-corrected chi connectivity index (χ4v) is 4.61. The number of halogens is 3. The second kappa shape index (κ2) is 8.26. The van der Waals surface area contributed by atoms with Crippen LogP contribution in [-0.2, 0) is 10.9 Å². The molecular formula is C23H27F3N4O2. The first-order valence-electron chi connectivity index (χ1n) is 10.7. The Bertz CT molecular complexity index is 958. The van der Waals surface area contributed by atoms with E-state index in [1.807, 2.05) is 20.8 Å². The average Bonchev–Trinajstić information content (AvgIpc) is 3.25. The number of pyridine rings is 2. The molecule has 2 aliphatic rings. The number of fused-ring (bicyclic) bond motifs is 1. The zero-order valence-corrected chi connectivity index (χ0v) is 18.3. The highest BCUT2D eigenvalue weighted by Crippen LogP contribution is 2.40. The largest absolute Gasteiger partial charge is 0.444 e. The number of hydrogen-bond acceptors (Lipinski definition) is 5. The standard InChI is InChI=1S/C23H27F3N4O2/c1-22(2,3)32-21(31)30-12-14-9-17(10-15(14)13-30)29-16-6-7-19(28-11-16)18-5-4-8-27-20(18)23(24,25)26/h4-8,11,14-15,17,29H,9-10,12-13H2,1-3H3/t14-,15?,17+/m1/s1. The minimum absolute atomic E-state index is 0.0378. The Morgan fingerprint density at radius 1 is 1.09 bits per heavy atom. The summed E-state index contributed by atoms with van der Waals surface area (Å²) in [4.78, 5) is 21.8. The summed E-state index contributed by atoms with van der Waals surface area (Å²) in [6, 6.07) is 6.41. The molecule has 2 fully saturated rings. The lowest BCUT2D eigenvalue weighted by molar-refractivity contribution is -0.140. The van der Waals surface area contributed by atoms with E-state index in [9.17, 15) is 18.0 Å². The van der Waals surface area contributed by atoms with Crippen molar-refractivity contribution >= 4 is 11.8 Å². The van der Waals surface area contributed by atoms with E-state index in [1.165, 1.54) is 12.1 Å². The summed E-state index contributed by atoms with van der Waals surface area (Å²) in [6.45, 7) is 6.96. The minimum atomic E-state index is -4.54. The van der Waals surface area contributed by atoms with Gasteiger partial charge < -0.3 is 15.0 Å². The molecule has 2 aromatic heterocycles. The maximum Gasteiger partial charge on any atom is 0.434 e. The molecule has 1 aliphatic carbocycles. The summed E-state index contributed by atoms with van der Waals surface area (Å²) in [7, 11) is 0. The van der Waals surface area contributed by atoms with E-state index in [0.29, 0.717) is 24.9 Å². The summed E-state index contributed by atoms with van der Waals surface area (Å²) >= 11 is 0. The van der Waals surface area contributed by atoms with Gasteiger partial charge in [-0.1, -0.05) is 0 Å². The van der Waals surface area contributed by atoms with Crippen LogP contribution in [0.2, 0.25) is 0 Å². The zero-order valence-electron chi connectivity index (χ0n) is 18.3. The Kier molecular flexibility index (Phi) is 5.77. The summed E-state index contributed by atoms with van der Waals surface area (Å²) in [5.41, 5.74) is -0.489. The van der Waals surface area contributed by atoms with E-state index < -0.39 is 17.5 Å². The predicted octanol–water partition coefficient (Wildman–Crippen LogP) is 5.22. The molecule has 1 unspecified atom stereocenters. The van der Waals surface area contributed by atoms with E-state index in [-0.39, 0.29) is 23.4 Å². The number of alkyl halides is 3. The molecule has 0 radical (unpaired) electrons. The first-order chi connectivity index (χ1) is 15.0. The molecule has 0 bridgehead atoms. The van der Waals surface area contributed by atoms with Crippen LogP contribution in [0, 0.1) is 11.8 Å². The summed E-state index contributed by atoms with van der Waals surface area (Å²) in [5.74, 6) is 0.828. The van der Waals surface area contributed by atoms with Gasteiger partial charge in [0, 0.05) is 30.9 Å². The molecule has 6 nitrogen and oxygen atoms in total. The number of nitrogens with zero attached hydrogens (tertiary/aromatic N) is 3. The van der Waals surface area contributed by atoms with Gasteiger partial charge in [0.25, 0.3) is 0 Å². The summed E-state index contributed by atoms with van der Waals surface area (Å²) in [5, 5.41) is 3.44. The van der Waals surface area contributed by atoms with Crippen LogP contribution in [0.4, 0.5) is 23.7 Å². The van der Waals surface area contributed by atoms with Crippen LogP contribution in [0.5, 0.6) is 0 Å². The second-order valence-corrected chi connectivity index (χ2v) is 9.55. The highest BCUT2D eigenvalue weighted by atomic mass is 19.4. The van der Waals surface area contributed by atoms with Gasteiger partial charge in [-0.05, 0) is 69.7 Å². The van der Waals surface area contributed by atoms with Crippen LogP contribution in [0.3, 0.4) is 0 Å². The third-order valence-corrected chi connectivity index (χ3v) is 5.89. The normalized spacial score (nSPS) is 23.2. The highest BCUT2D eigenvalue weighted by molar-refractivity contribution is 5.68. The molecule has 1 N–H and O–H groups in total. The fourth-order valence-electron chi connectivity index (χ4n) is 4.61. The Morgan fingerprint density at radius 3 is 2.34 bits per heavy atom. The topological polar surface area (TPSA) is 67.3 Å². The van der Waals surface area contributed by atoms with Crippen molar-refractivity contribution in [1.29, 1.82) is 0 Å². The smallest absolute Gasteiger partial charge is 0.434 e. The van der Waals surface area contributed by atoms with Crippen molar-refractivity contribution in [2.75, 3.05) is 18.4 Å². The number of carbonyl (C=O) groups excluding carboxylic acids is 1. The van der Waals surface area contributed by atoms with Crippen LogP contribution in [0.15, 0.2) is 36.7 Å². The summed E-state index contributed by atoms with van der Waals surface area (Å²) in [6.07, 6.45) is -0.264. The first kappa shape index (κ1) is 22.4. The quantitative estimate of drug-likeness (QED) is 0.697. The van der Waals surface area contributed by atoms with Gasteiger partial charge in [-0.3, -0.25) is 9.97 Å². The molecule has 4 rings (SSSR count). The third-order valence-electron chi connectivity index (χ3n) is 5.89. The molecule has 172 valence electrons. The van der Waals surface area contributed by atoms with Gasteiger partial charge in [0.2, 0.25) is 0 Å². The molecule has 1 aliphatic heterocycles. The number of hydrogen-bond donors (Lipinski definition) is 1. The monoisotopic (exact) mass is 448 g/mol. The van der Waals surface area contributed by atoms with Crippen molar-refractivity contribution in [3.63, 3.8) is 0 Å². The number of nitrogens with one attached hydrogen (secondary N) is 1. The third kappa shape index (κ3) is 4.97. The molecule has 0 spiro atoms. The van der Waals surface area contributed by atoms with Crippen LogP contribution >= 0.6 is 0 Å². The van der Waals surface area contributed by atoms with Crippen LogP contribution < -0.4 is 5.32 Å². The number of likely N-dealkylation sites (tertiary alicyclic amines) is 1. The lowest BCUT2D eigenvalue weighted by Gasteiger charge is -2.25. The number of aromatic nitrogens is 2. The Morgan fingerprint density at radius 2 is 1.78 bits per heavy atom. The van der Waals surface area contributed by atoms with E-state index in [4.69, 9.17) is 4.74 Å². The molecule has 1 saturated heterocycles. The lowest BCUT2D eigenvalue weighted by Crippen LogP contribution is -2.36. The molecular weight excluding hydrogens is 421 g/mol. The number of carbonyl (C=O) groups is 1. The molecule has 1 saturated carbocycles. The van der Waals surface area contributed by atoms with E-state index in [0.717, 1.165) is 24.7 Å². The Balaban J connectivity index is 1.35. The average molecular weight is 448 g/mol. The van der Waals surface area contributed by atoms with E-state index in [1.54, 1.807) is 23.2 Å². The van der Waals surface area contributed by atoms with Gasteiger partial charge in [-0.15, -0.1) is 0 Å². The molecule has 2 aromatic rings. The van der Waals surface area contributed by atoms with E-state index in [2.05, 4.69) is 15.3 Å². The van der Waals surface area contributed by atoms with Crippen LogP contribution in [0.25, 0.3) is 11.3 Å². The van der Waals surface area contributed by atoms with E-state index >= 15 is 0 Å². The molecule has 3 heterocycles. The van der Waals surface area contributed by atoms with Crippen LogP contribution in [0.1, 0.15) is 39.3 Å². The van der Waals surface area contributed by atoms with Crippen molar-refractivity contribution in [2.45, 2.75) is 51.4 Å². The number of ether oxygens (including phenoxy) is 1. The molecule has 1 amide bonds. The lowest BCUT2D eigenvalue weighted by atomic mass is 10.0. The molecule has 32 heavy (non-hydrogen) atoms. The van der Waals surface area contributed by atoms with Crippen molar-refractivity contribution in [3.8, 4) is 11.3 Å². The predicted molar refractivity (Wildman–Crippen MR) is 114 cm³/mol. The Labute approximate surface area is 185 Å². The van der Waals surface area contributed by atoms with Crippen molar-refractivity contribution < 1.29 is 22.7 Å². The number of anilines is 1. The maximum absolute atomic E-state index is 13.2. The fraction of sp³-hybridized carbons (Fsp3) is 0.522. The molecule has 9 heteroatoms. The van der Waals surface area contributed by atoms with Gasteiger partial charge >= 0.3 is 12.3 Å². The second-order valence-electron chi connectivity index (χ2n) is 9.55. The SMILES string of the molecule is CC(C)(C)OC(=O)N1CC2C[C@@H](Nc3ccc(-c4cccnc4C(F)(F)F)nc3)C[C@@H]2C1.